The van der Waals surface area contributed by atoms with Crippen LogP contribution in [0.25, 0.3) is 11.0 Å². The Balaban J connectivity index is 1.52. The second-order valence-electron chi connectivity index (χ2n) is 7.71. The number of nitrogens with one attached hydrogen (secondary N) is 2. The number of amides is 2. The average Bonchev–Trinajstić information content (AvgIpc) is 3.52. The van der Waals surface area contributed by atoms with Crippen molar-refractivity contribution >= 4 is 28.5 Å². The van der Waals surface area contributed by atoms with Gasteiger partial charge in [0.1, 0.15) is 5.75 Å². The van der Waals surface area contributed by atoms with E-state index in [0.717, 1.165) is 35.2 Å². The predicted molar refractivity (Wildman–Crippen MR) is 114 cm³/mol. The molecule has 8 heteroatoms. The van der Waals surface area contributed by atoms with Crippen LogP contribution < -0.4 is 15.4 Å². The fourth-order valence-corrected chi connectivity index (χ4v) is 3.60. The minimum Gasteiger partial charge on any atom is -0.495 e. The van der Waals surface area contributed by atoms with Crippen molar-refractivity contribution in [2.45, 2.75) is 32.6 Å². The monoisotopic (exact) mass is 407 g/mol. The first-order valence-corrected chi connectivity index (χ1v) is 9.94. The highest BCUT2D eigenvalue weighted by molar-refractivity contribution is 6.08. The Labute approximate surface area is 174 Å². The maximum absolute atomic E-state index is 13.0. The third-order valence-corrected chi connectivity index (χ3v) is 5.27. The summed E-state index contributed by atoms with van der Waals surface area (Å²) < 4.78 is 6.98. The van der Waals surface area contributed by atoms with Crippen LogP contribution in [-0.4, -0.2) is 40.2 Å². The summed E-state index contributed by atoms with van der Waals surface area (Å²) in [5, 5.41) is 10.7. The zero-order valence-electron chi connectivity index (χ0n) is 17.6. The lowest BCUT2D eigenvalue weighted by molar-refractivity contribution is -0.115. The number of carbonyl (C=O) groups is 2. The Kier molecular flexibility index (Phi) is 5.15. The molecule has 3 aromatic rings. The number of benzene rings is 1. The molecule has 2 heterocycles. The number of methoxy groups -OCH3 is 1. The van der Waals surface area contributed by atoms with Crippen molar-refractivity contribution in [3.8, 4) is 5.75 Å². The molecule has 2 N–H and O–H groups in total. The minimum absolute atomic E-state index is 0.155. The maximum atomic E-state index is 13.0. The van der Waals surface area contributed by atoms with Crippen LogP contribution in [0.4, 0.5) is 5.69 Å². The highest BCUT2D eigenvalue weighted by atomic mass is 16.5. The van der Waals surface area contributed by atoms with Crippen LogP contribution in [0.5, 0.6) is 5.75 Å². The van der Waals surface area contributed by atoms with Crippen molar-refractivity contribution in [3.05, 3.63) is 46.8 Å². The van der Waals surface area contributed by atoms with E-state index in [4.69, 9.17) is 9.72 Å². The number of fused-ring (bicyclic) bond motifs is 1. The molecule has 0 atom stereocenters. The van der Waals surface area contributed by atoms with Crippen molar-refractivity contribution in [1.82, 2.24) is 20.1 Å². The first-order chi connectivity index (χ1) is 14.4. The van der Waals surface area contributed by atoms with Gasteiger partial charge in [-0.3, -0.25) is 14.3 Å². The molecule has 30 heavy (non-hydrogen) atoms. The lowest BCUT2D eigenvalue weighted by atomic mass is 10.1. The Hall–Kier alpha value is -3.42. The van der Waals surface area contributed by atoms with Crippen LogP contribution in [0.15, 0.2) is 24.3 Å². The molecule has 0 saturated heterocycles. The van der Waals surface area contributed by atoms with Crippen LogP contribution in [0.1, 0.15) is 46.1 Å². The average molecular weight is 407 g/mol. The Morgan fingerprint density at radius 1 is 1.23 bits per heavy atom. The summed E-state index contributed by atoms with van der Waals surface area (Å²) in [6.45, 7) is 3.63. The third-order valence-electron chi connectivity index (χ3n) is 5.27. The number of hydrogen-bond donors (Lipinski definition) is 2. The fourth-order valence-electron chi connectivity index (χ4n) is 3.60. The van der Waals surface area contributed by atoms with Crippen molar-refractivity contribution in [2.24, 2.45) is 7.05 Å². The number of pyridine rings is 1. The van der Waals surface area contributed by atoms with Crippen molar-refractivity contribution in [2.75, 3.05) is 19.0 Å². The SMILES string of the molecule is COc1ccc(C)cc1NC(=O)CNC(=O)c1cc(C2CC2)nc2c1c(C)nn2C. The molecule has 1 aliphatic rings. The summed E-state index contributed by atoms with van der Waals surface area (Å²) in [5.74, 6) is 0.319. The molecule has 2 amide bonds. The zero-order chi connectivity index (χ0) is 21.4. The fraction of sp³-hybridized carbons (Fsp3) is 0.364. The molecule has 8 nitrogen and oxygen atoms in total. The molecule has 0 unspecified atom stereocenters. The normalized spacial score (nSPS) is 13.3. The van der Waals surface area contributed by atoms with Gasteiger partial charge in [0, 0.05) is 18.7 Å². The molecule has 1 saturated carbocycles. The van der Waals surface area contributed by atoms with Gasteiger partial charge in [-0.25, -0.2) is 4.98 Å². The topological polar surface area (TPSA) is 98.1 Å². The van der Waals surface area contributed by atoms with Gasteiger partial charge in [0.2, 0.25) is 5.91 Å². The van der Waals surface area contributed by atoms with Crippen LogP contribution in [0, 0.1) is 13.8 Å². The van der Waals surface area contributed by atoms with Crippen LogP contribution >= 0.6 is 0 Å². The number of aromatic nitrogens is 3. The van der Waals surface area contributed by atoms with Gasteiger partial charge in [0.15, 0.2) is 5.65 Å². The second kappa shape index (κ2) is 7.78. The summed E-state index contributed by atoms with van der Waals surface area (Å²) in [6.07, 6.45) is 2.16. The van der Waals surface area contributed by atoms with Crippen molar-refractivity contribution in [3.63, 3.8) is 0 Å². The quantitative estimate of drug-likeness (QED) is 0.655. The first kappa shape index (κ1) is 19.9. The van der Waals surface area contributed by atoms with E-state index in [9.17, 15) is 9.59 Å². The van der Waals surface area contributed by atoms with Crippen molar-refractivity contribution in [1.29, 1.82) is 0 Å². The highest BCUT2D eigenvalue weighted by Crippen LogP contribution is 2.40. The van der Waals surface area contributed by atoms with E-state index in [0.29, 0.717) is 28.6 Å². The largest absolute Gasteiger partial charge is 0.495 e. The Morgan fingerprint density at radius 3 is 2.70 bits per heavy atom. The van der Waals surface area contributed by atoms with Crippen LogP contribution in [0.2, 0.25) is 0 Å². The summed E-state index contributed by atoms with van der Waals surface area (Å²) >= 11 is 0. The molecule has 0 spiro atoms. The van der Waals surface area contributed by atoms with E-state index in [-0.39, 0.29) is 18.4 Å². The van der Waals surface area contributed by atoms with E-state index in [1.807, 2.05) is 39.1 Å². The van der Waals surface area contributed by atoms with Crippen molar-refractivity contribution < 1.29 is 14.3 Å². The Bertz CT molecular complexity index is 1150. The highest BCUT2D eigenvalue weighted by Gasteiger charge is 2.28. The molecule has 4 rings (SSSR count). The summed E-state index contributed by atoms with van der Waals surface area (Å²) in [4.78, 5) is 30.1. The molecule has 0 radical (unpaired) electrons. The lowest BCUT2D eigenvalue weighted by Crippen LogP contribution is -2.33. The van der Waals surface area contributed by atoms with Gasteiger partial charge in [0.05, 0.1) is 36.0 Å². The number of rotatable bonds is 6. The molecule has 0 bridgehead atoms. The molecule has 0 aliphatic heterocycles. The van der Waals surface area contributed by atoms with E-state index in [1.165, 1.54) is 0 Å². The van der Waals surface area contributed by atoms with Gasteiger partial charge in [-0.2, -0.15) is 5.10 Å². The van der Waals surface area contributed by atoms with Gasteiger partial charge in [-0.05, 0) is 50.5 Å². The molecular weight excluding hydrogens is 382 g/mol. The minimum atomic E-state index is -0.331. The molecule has 1 aromatic carbocycles. The van der Waals surface area contributed by atoms with E-state index >= 15 is 0 Å². The molecule has 156 valence electrons. The van der Waals surface area contributed by atoms with Gasteiger partial charge in [-0.15, -0.1) is 0 Å². The first-order valence-electron chi connectivity index (χ1n) is 9.94. The summed E-state index contributed by atoms with van der Waals surface area (Å²) in [7, 11) is 3.37. The lowest BCUT2D eigenvalue weighted by Gasteiger charge is -2.12. The van der Waals surface area contributed by atoms with Crippen LogP contribution in [0.3, 0.4) is 0 Å². The molecular formula is C22H25N5O3. The number of aryl methyl sites for hydroxylation is 3. The van der Waals surface area contributed by atoms with Gasteiger partial charge in [-0.1, -0.05) is 6.07 Å². The molecule has 1 fully saturated rings. The molecule has 1 aliphatic carbocycles. The maximum Gasteiger partial charge on any atom is 0.252 e. The Morgan fingerprint density at radius 2 is 2.00 bits per heavy atom. The standard InChI is InChI=1S/C22H25N5O3/c1-12-5-8-18(30-4)17(9-12)24-19(28)11-23-22(29)15-10-16(14-6-7-14)25-21-20(15)13(2)26-27(21)3/h5,8-10,14H,6-7,11H2,1-4H3,(H,23,29)(H,24,28). The van der Waals surface area contributed by atoms with E-state index < -0.39 is 0 Å². The predicted octanol–water partition coefficient (Wildman–Crippen LogP) is 2.84. The number of hydrogen-bond acceptors (Lipinski definition) is 5. The smallest absolute Gasteiger partial charge is 0.252 e. The van der Waals surface area contributed by atoms with E-state index in [1.54, 1.807) is 17.9 Å². The van der Waals surface area contributed by atoms with E-state index in [2.05, 4.69) is 15.7 Å². The number of anilines is 1. The molecule has 2 aromatic heterocycles. The van der Waals surface area contributed by atoms with Gasteiger partial charge in [0.25, 0.3) is 5.91 Å². The third kappa shape index (κ3) is 3.85. The van der Waals surface area contributed by atoms with Gasteiger partial charge < -0.3 is 15.4 Å². The number of ether oxygens (including phenoxy) is 1. The van der Waals surface area contributed by atoms with Crippen LogP contribution in [-0.2, 0) is 11.8 Å². The van der Waals surface area contributed by atoms with Gasteiger partial charge >= 0.3 is 0 Å². The summed E-state index contributed by atoms with van der Waals surface area (Å²) in [6, 6.07) is 7.36. The number of nitrogens with zero attached hydrogens (tertiary/aromatic N) is 3. The second-order valence-corrected chi connectivity index (χ2v) is 7.71. The summed E-state index contributed by atoms with van der Waals surface area (Å²) in [5.41, 5.74) is 4.41. The zero-order valence-corrected chi connectivity index (χ0v) is 17.6. The number of carbonyl (C=O) groups excluding carboxylic acids is 2.